The highest BCUT2D eigenvalue weighted by Gasteiger charge is 2.21. The molecule has 0 bridgehead atoms. The van der Waals surface area contributed by atoms with Crippen molar-refractivity contribution < 1.29 is 9.53 Å². The Hall–Kier alpha value is -1.71. The Bertz CT molecular complexity index is 474. The van der Waals surface area contributed by atoms with Crippen LogP contribution in [0.2, 0.25) is 0 Å². The number of aryl methyl sites for hydroxylation is 1. The summed E-state index contributed by atoms with van der Waals surface area (Å²) in [4.78, 5) is 11.9. The molecule has 4 heteroatoms. The lowest BCUT2D eigenvalue weighted by atomic mass is 9.98. The molecule has 1 aromatic carbocycles. The van der Waals surface area contributed by atoms with Gasteiger partial charge < -0.3 is 15.4 Å². The Labute approximate surface area is 120 Å². The van der Waals surface area contributed by atoms with Gasteiger partial charge in [0.05, 0.1) is 5.69 Å². The minimum atomic E-state index is -0.480. The van der Waals surface area contributed by atoms with E-state index in [0.717, 1.165) is 30.7 Å². The average molecular weight is 276 g/mol. The Balaban J connectivity index is 2.08. The predicted octanol–water partition coefficient (Wildman–Crippen LogP) is 2.73. The van der Waals surface area contributed by atoms with Crippen LogP contribution in [0, 0.1) is 0 Å². The summed E-state index contributed by atoms with van der Waals surface area (Å²) in [6, 6.07) is 6.47. The number of rotatable bonds is 5. The normalized spacial score (nSPS) is 18.6. The zero-order valence-corrected chi connectivity index (χ0v) is 12.5. The first-order valence-electron chi connectivity index (χ1n) is 7.44. The van der Waals surface area contributed by atoms with E-state index in [9.17, 15) is 4.79 Å². The van der Waals surface area contributed by atoms with Gasteiger partial charge in [0.25, 0.3) is 5.91 Å². The van der Waals surface area contributed by atoms with E-state index in [1.165, 1.54) is 5.56 Å². The van der Waals surface area contributed by atoms with Crippen molar-refractivity contribution in [3.63, 3.8) is 0 Å². The lowest BCUT2D eigenvalue weighted by Crippen LogP contribution is -2.37. The zero-order chi connectivity index (χ0) is 14.5. The number of nitrogens with one attached hydrogen (secondary N) is 2. The topological polar surface area (TPSA) is 50.4 Å². The fraction of sp³-hybridized carbons (Fsp3) is 0.562. The van der Waals surface area contributed by atoms with Gasteiger partial charge in [-0.25, -0.2) is 0 Å². The number of hydrogen-bond acceptors (Lipinski definition) is 3. The molecule has 4 nitrogen and oxygen atoms in total. The molecule has 2 N–H and O–H groups in total. The summed E-state index contributed by atoms with van der Waals surface area (Å²) in [6.07, 6.45) is 2.63. The Morgan fingerprint density at radius 3 is 3.10 bits per heavy atom. The largest absolute Gasteiger partial charge is 0.479 e. The second kappa shape index (κ2) is 6.64. The quantitative estimate of drug-likeness (QED) is 0.869. The second-order valence-corrected chi connectivity index (χ2v) is 5.43. The van der Waals surface area contributed by atoms with Gasteiger partial charge in [-0.2, -0.15) is 0 Å². The van der Waals surface area contributed by atoms with Crippen LogP contribution in [-0.2, 0) is 11.2 Å². The van der Waals surface area contributed by atoms with Crippen LogP contribution in [0.5, 0.6) is 5.75 Å². The van der Waals surface area contributed by atoms with E-state index in [1.807, 2.05) is 19.1 Å². The summed E-state index contributed by atoms with van der Waals surface area (Å²) >= 11 is 0. The maximum atomic E-state index is 11.9. The molecule has 2 atom stereocenters. The van der Waals surface area contributed by atoms with Crippen molar-refractivity contribution in [2.45, 2.75) is 52.2 Å². The number of carbonyl (C=O) groups is 1. The summed E-state index contributed by atoms with van der Waals surface area (Å²) in [5.41, 5.74) is 2.31. The van der Waals surface area contributed by atoms with Crippen molar-refractivity contribution in [3.05, 3.63) is 23.8 Å². The molecule has 2 rings (SSSR count). The van der Waals surface area contributed by atoms with Gasteiger partial charge in [-0.15, -0.1) is 0 Å². The van der Waals surface area contributed by atoms with Gasteiger partial charge in [0.1, 0.15) is 5.75 Å². The Morgan fingerprint density at radius 1 is 1.55 bits per heavy atom. The average Bonchev–Trinajstić information content (AvgIpc) is 2.45. The van der Waals surface area contributed by atoms with E-state index >= 15 is 0 Å². The number of carbonyl (C=O) groups excluding carboxylic acids is 1. The van der Waals surface area contributed by atoms with Crippen molar-refractivity contribution in [2.24, 2.45) is 0 Å². The number of fused-ring (bicyclic) bond motifs is 1. The number of amides is 1. The maximum absolute atomic E-state index is 11.9. The molecule has 0 spiro atoms. The second-order valence-electron chi connectivity index (χ2n) is 5.43. The summed E-state index contributed by atoms with van der Waals surface area (Å²) in [5, 5.41) is 6.32. The minimum absolute atomic E-state index is 0.0617. The number of benzene rings is 1. The highest BCUT2D eigenvalue weighted by molar-refractivity contribution is 5.81. The van der Waals surface area contributed by atoms with Crippen LogP contribution in [0.15, 0.2) is 18.2 Å². The summed E-state index contributed by atoms with van der Waals surface area (Å²) in [6.45, 7) is 6.67. The lowest BCUT2D eigenvalue weighted by Gasteiger charge is -2.27. The zero-order valence-electron chi connectivity index (χ0n) is 12.5. The van der Waals surface area contributed by atoms with Gasteiger partial charge in [0, 0.05) is 12.6 Å². The molecule has 110 valence electrons. The van der Waals surface area contributed by atoms with Crippen molar-refractivity contribution in [1.29, 1.82) is 0 Å². The number of ether oxygens (including phenoxy) is 1. The summed E-state index contributed by atoms with van der Waals surface area (Å²) in [7, 11) is 0. The molecule has 1 aliphatic rings. The van der Waals surface area contributed by atoms with Gasteiger partial charge >= 0.3 is 0 Å². The highest BCUT2D eigenvalue weighted by Crippen LogP contribution is 2.34. The van der Waals surface area contributed by atoms with Crippen LogP contribution in [0.4, 0.5) is 5.69 Å². The van der Waals surface area contributed by atoms with Gasteiger partial charge in [-0.05, 0) is 44.7 Å². The van der Waals surface area contributed by atoms with Gasteiger partial charge in [0.2, 0.25) is 0 Å². The Morgan fingerprint density at radius 2 is 2.35 bits per heavy atom. The van der Waals surface area contributed by atoms with Gasteiger partial charge in [-0.1, -0.05) is 19.1 Å². The summed E-state index contributed by atoms with van der Waals surface area (Å²) in [5.74, 6) is 0.710. The van der Waals surface area contributed by atoms with Crippen molar-refractivity contribution >= 4 is 11.6 Å². The fourth-order valence-electron chi connectivity index (χ4n) is 2.37. The van der Waals surface area contributed by atoms with Crippen LogP contribution in [0.1, 0.15) is 39.2 Å². The molecule has 2 unspecified atom stereocenters. The first-order valence-corrected chi connectivity index (χ1v) is 7.44. The molecule has 1 aromatic rings. The molecule has 20 heavy (non-hydrogen) atoms. The third-order valence-electron chi connectivity index (χ3n) is 3.57. The molecular weight excluding hydrogens is 252 g/mol. The first-order chi connectivity index (χ1) is 9.61. The summed E-state index contributed by atoms with van der Waals surface area (Å²) < 4.78 is 5.85. The minimum Gasteiger partial charge on any atom is -0.479 e. The van der Waals surface area contributed by atoms with E-state index in [2.05, 4.69) is 23.6 Å². The third kappa shape index (κ3) is 3.44. The number of hydrogen-bond donors (Lipinski definition) is 2. The fourth-order valence-corrected chi connectivity index (χ4v) is 2.37. The van der Waals surface area contributed by atoms with Crippen molar-refractivity contribution in [3.8, 4) is 5.75 Å². The van der Waals surface area contributed by atoms with Gasteiger partial charge in [0.15, 0.2) is 6.10 Å². The molecular formula is C16H24N2O2. The van der Waals surface area contributed by atoms with Gasteiger partial charge in [-0.3, -0.25) is 4.79 Å². The molecule has 1 heterocycles. The molecule has 1 aliphatic heterocycles. The standard InChI is InChI=1S/C16H24N2O2/c1-4-10-17-16(19)12(3)20-14-7-5-6-13-9-8-11(2)18-15(13)14/h5-7,11-12,18H,4,8-10H2,1-3H3,(H,17,19). The van der Waals surface area contributed by atoms with E-state index in [4.69, 9.17) is 4.74 Å². The van der Waals surface area contributed by atoms with Crippen LogP contribution in [-0.4, -0.2) is 24.6 Å². The van der Waals surface area contributed by atoms with E-state index in [-0.39, 0.29) is 5.91 Å². The highest BCUT2D eigenvalue weighted by atomic mass is 16.5. The van der Waals surface area contributed by atoms with Crippen molar-refractivity contribution in [1.82, 2.24) is 5.32 Å². The molecule has 1 amide bonds. The van der Waals surface area contributed by atoms with Crippen LogP contribution in [0.25, 0.3) is 0 Å². The lowest BCUT2D eigenvalue weighted by molar-refractivity contribution is -0.127. The molecule has 0 saturated carbocycles. The predicted molar refractivity (Wildman–Crippen MR) is 81.2 cm³/mol. The number of para-hydroxylation sites is 1. The Kier molecular flexibility index (Phi) is 4.88. The van der Waals surface area contributed by atoms with Crippen LogP contribution < -0.4 is 15.4 Å². The molecule has 0 saturated heterocycles. The van der Waals surface area contributed by atoms with Crippen LogP contribution in [0.3, 0.4) is 0 Å². The third-order valence-corrected chi connectivity index (χ3v) is 3.57. The van der Waals surface area contributed by atoms with E-state index < -0.39 is 6.10 Å². The van der Waals surface area contributed by atoms with E-state index in [0.29, 0.717) is 12.6 Å². The van der Waals surface area contributed by atoms with Crippen molar-refractivity contribution in [2.75, 3.05) is 11.9 Å². The molecule has 0 radical (unpaired) electrons. The molecule has 0 fully saturated rings. The number of anilines is 1. The molecule has 0 aliphatic carbocycles. The monoisotopic (exact) mass is 276 g/mol. The first kappa shape index (κ1) is 14.7. The van der Waals surface area contributed by atoms with Crippen LogP contribution >= 0.6 is 0 Å². The maximum Gasteiger partial charge on any atom is 0.260 e. The SMILES string of the molecule is CCCNC(=O)C(C)Oc1cccc2c1NC(C)CC2. The van der Waals surface area contributed by atoms with E-state index in [1.54, 1.807) is 6.92 Å². The smallest absolute Gasteiger partial charge is 0.260 e. The molecule has 0 aromatic heterocycles.